The second-order valence-corrected chi connectivity index (χ2v) is 4.97. The van der Waals surface area contributed by atoms with E-state index in [0.717, 1.165) is 5.56 Å². The van der Waals surface area contributed by atoms with E-state index in [0.29, 0.717) is 11.1 Å². The van der Waals surface area contributed by atoms with E-state index in [1.165, 1.54) is 0 Å². The lowest BCUT2D eigenvalue weighted by atomic mass is 10.0. The molecule has 0 spiro atoms. The van der Waals surface area contributed by atoms with E-state index < -0.39 is 11.7 Å². The van der Waals surface area contributed by atoms with Crippen LogP contribution in [0.4, 0.5) is 13.2 Å². The minimum atomic E-state index is -4.55. The summed E-state index contributed by atoms with van der Waals surface area (Å²) < 4.78 is 45.5. The number of nitrogens with zero attached hydrogens (tertiary/aromatic N) is 1. The summed E-state index contributed by atoms with van der Waals surface area (Å²) in [5.41, 5.74) is 0.655. The number of halogens is 3. The Balaban J connectivity index is 2.20. The lowest BCUT2D eigenvalue weighted by Crippen LogP contribution is -2.07. The number of hydrogen-bond donors (Lipinski definition) is 0. The Morgan fingerprint density at radius 1 is 0.864 bits per heavy atom. The highest BCUT2D eigenvalue weighted by molar-refractivity contribution is 5.73. The van der Waals surface area contributed by atoms with Crippen LogP contribution in [0.3, 0.4) is 0 Å². The number of rotatable bonds is 2. The molecule has 1 aromatic heterocycles. The zero-order valence-corrected chi connectivity index (χ0v) is 11.7. The quantitative estimate of drug-likeness (QED) is 0.639. The molecule has 0 aliphatic heterocycles. The fraction of sp³-hybridized carbons (Fsp3) is 0.118. The number of aryl methyl sites for hydroxylation is 1. The van der Waals surface area contributed by atoms with Crippen molar-refractivity contribution in [3.8, 4) is 22.6 Å². The van der Waals surface area contributed by atoms with Crippen LogP contribution in [0, 0.1) is 6.92 Å². The number of benzene rings is 2. The summed E-state index contributed by atoms with van der Waals surface area (Å²) in [5.74, 6) is -0.260. The van der Waals surface area contributed by atoms with Gasteiger partial charge in [0, 0.05) is 11.1 Å². The largest absolute Gasteiger partial charge is 0.422 e. The van der Waals surface area contributed by atoms with Gasteiger partial charge in [0.05, 0.1) is 0 Å². The fourth-order valence-electron chi connectivity index (χ4n) is 2.25. The summed E-state index contributed by atoms with van der Waals surface area (Å²) >= 11 is 0. The molecule has 0 saturated heterocycles. The highest BCUT2D eigenvalue weighted by Crippen LogP contribution is 2.43. The zero-order valence-electron chi connectivity index (χ0n) is 11.7. The molecule has 0 atom stereocenters. The number of alkyl halides is 3. The zero-order chi connectivity index (χ0) is 15.7. The fourth-order valence-corrected chi connectivity index (χ4v) is 2.25. The van der Waals surface area contributed by atoms with Crippen LogP contribution in [-0.2, 0) is 6.18 Å². The van der Waals surface area contributed by atoms with Crippen LogP contribution in [0.25, 0.3) is 22.6 Å². The minimum absolute atomic E-state index is 0.189. The van der Waals surface area contributed by atoms with Crippen LogP contribution in [0.5, 0.6) is 0 Å². The smallest absolute Gasteiger partial charge is 0.355 e. The average molecular weight is 303 g/mol. The Kier molecular flexibility index (Phi) is 3.48. The molecule has 3 aromatic rings. The van der Waals surface area contributed by atoms with E-state index >= 15 is 0 Å². The van der Waals surface area contributed by atoms with E-state index in [9.17, 15) is 13.2 Å². The third-order valence-corrected chi connectivity index (χ3v) is 3.34. The summed E-state index contributed by atoms with van der Waals surface area (Å²) in [6.45, 7) is 1.87. The summed E-state index contributed by atoms with van der Waals surface area (Å²) in [6.07, 6.45) is -4.55. The molecule has 0 radical (unpaired) electrons. The lowest BCUT2D eigenvalue weighted by molar-refractivity contribution is -0.136. The van der Waals surface area contributed by atoms with Crippen LogP contribution < -0.4 is 0 Å². The second kappa shape index (κ2) is 5.33. The van der Waals surface area contributed by atoms with Crippen molar-refractivity contribution in [3.05, 3.63) is 65.7 Å². The van der Waals surface area contributed by atoms with E-state index in [2.05, 4.69) is 5.16 Å². The summed E-state index contributed by atoms with van der Waals surface area (Å²) in [6, 6.07) is 14.9. The molecule has 3 rings (SSSR count). The Morgan fingerprint density at radius 3 is 2.09 bits per heavy atom. The maximum absolute atomic E-state index is 13.5. The molecule has 2 aromatic carbocycles. The van der Waals surface area contributed by atoms with Gasteiger partial charge in [-0.3, -0.25) is 0 Å². The highest BCUT2D eigenvalue weighted by Gasteiger charge is 2.41. The molecule has 0 fully saturated rings. The Labute approximate surface area is 125 Å². The molecule has 5 heteroatoms. The first-order chi connectivity index (χ1) is 10.5. The summed E-state index contributed by atoms with van der Waals surface area (Å²) in [4.78, 5) is 0. The van der Waals surface area contributed by atoms with Gasteiger partial charge >= 0.3 is 6.18 Å². The van der Waals surface area contributed by atoms with Gasteiger partial charge in [-0.05, 0) is 6.92 Å². The van der Waals surface area contributed by atoms with Gasteiger partial charge in [0.1, 0.15) is 11.3 Å². The van der Waals surface area contributed by atoms with E-state index in [-0.39, 0.29) is 11.5 Å². The van der Waals surface area contributed by atoms with Gasteiger partial charge in [0.2, 0.25) is 0 Å². The first kappa shape index (κ1) is 14.4. The van der Waals surface area contributed by atoms with Crippen molar-refractivity contribution < 1.29 is 17.7 Å². The van der Waals surface area contributed by atoms with Gasteiger partial charge in [-0.1, -0.05) is 65.3 Å². The van der Waals surface area contributed by atoms with Crippen molar-refractivity contribution in [1.82, 2.24) is 5.16 Å². The van der Waals surface area contributed by atoms with Crippen molar-refractivity contribution >= 4 is 0 Å². The van der Waals surface area contributed by atoms with Gasteiger partial charge in [-0.25, -0.2) is 0 Å². The Hall–Kier alpha value is -2.56. The maximum Gasteiger partial charge on any atom is 0.422 e. The SMILES string of the molecule is Cc1ccc(-c2noc(-c3ccccc3)c2C(F)(F)F)cc1. The van der Waals surface area contributed by atoms with Crippen molar-refractivity contribution in [2.24, 2.45) is 0 Å². The first-order valence-corrected chi connectivity index (χ1v) is 6.66. The van der Waals surface area contributed by atoms with Gasteiger partial charge in [-0.2, -0.15) is 13.2 Å². The predicted octanol–water partition coefficient (Wildman–Crippen LogP) is 5.34. The molecule has 0 bridgehead atoms. The van der Waals surface area contributed by atoms with Crippen LogP contribution in [0.2, 0.25) is 0 Å². The van der Waals surface area contributed by atoms with E-state index in [1.807, 2.05) is 6.92 Å². The van der Waals surface area contributed by atoms with E-state index in [4.69, 9.17) is 4.52 Å². The van der Waals surface area contributed by atoms with E-state index in [1.54, 1.807) is 54.6 Å². The van der Waals surface area contributed by atoms with Crippen molar-refractivity contribution in [1.29, 1.82) is 0 Å². The predicted molar refractivity (Wildman–Crippen MR) is 77.1 cm³/mol. The molecule has 0 saturated carbocycles. The molecular weight excluding hydrogens is 291 g/mol. The topological polar surface area (TPSA) is 26.0 Å². The van der Waals surface area contributed by atoms with Crippen molar-refractivity contribution in [3.63, 3.8) is 0 Å². The van der Waals surface area contributed by atoms with Crippen LogP contribution in [0.1, 0.15) is 11.1 Å². The second-order valence-electron chi connectivity index (χ2n) is 4.97. The summed E-state index contributed by atoms with van der Waals surface area (Å²) in [5, 5.41) is 3.66. The van der Waals surface area contributed by atoms with Crippen LogP contribution in [0.15, 0.2) is 59.1 Å². The maximum atomic E-state index is 13.5. The molecule has 1 heterocycles. The molecule has 0 unspecified atom stereocenters. The molecule has 2 nitrogen and oxygen atoms in total. The van der Waals surface area contributed by atoms with Gasteiger partial charge in [0.15, 0.2) is 5.76 Å². The van der Waals surface area contributed by atoms with Crippen molar-refractivity contribution in [2.75, 3.05) is 0 Å². The molecule has 112 valence electrons. The number of aromatic nitrogens is 1. The normalized spacial score (nSPS) is 11.6. The monoisotopic (exact) mass is 303 g/mol. The molecule has 0 aliphatic rings. The number of hydrogen-bond acceptors (Lipinski definition) is 2. The summed E-state index contributed by atoms with van der Waals surface area (Å²) in [7, 11) is 0. The molecule has 0 amide bonds. The van der Waals surface area contributed by atoms with Gasteiger partial charge < -0.3 is 4.52 Å². The Morgan fingerprint density at radius 2 is 1.50 bits per heavy atom. The third kappa shape index (κ3) is 2.62. The molecule has 22 heavy (non-hydrogen) atoms. The highest BCUT2D eigenvalue weighted by atomic mass is 19.4. The molecular formula is C17H12F3NO. The first-order valence-electron chi connectivity index (χ1n) is 6.66. The van der Waals surface area contributed by atoms with Gasteiger partial charge in [-0.15, -0.1) is 0 Å². The van der Waals surface area contributed by atoms with Crippen LogP contribution in [-0.4, -0.2) is 5.16 Å². The van der Waals surface area contributed by atoms with Crippen molar-refractivity contribution in [2.45, 2.75) is 13.1 Å². The molecule has 0 N–H and O–H groups in total. The standard InChI is InChI=1S/C17H12F3NO/c1-11-7-9-12(10-8-11)15-14(17(18,19)20)16(22-21-15)13-5-3-2-4-6-13/h2-10H,1H3. The lowest BCUT2D eigenvalue weighted by Gasteiger charge is -2.08. The van der Waals surface area contributed by atoms with Gasteiger partial charge in [0.25, 0.3) is 0 Å². The Bertz CT molecular complexity index is 774. The average Bonchev–Trinajstić information content (AvgIpc) is 2.94. The minimum Gasteiger partial charge on any atom is -0.355 e. The molecule has 0 aliphatic carbocycles. The van der Waals surface area contributed by atoms with Crippen LogP contribution >= 0.6 is 0 Å². The third-order valence-electron chi connectivity index (χ3n) is 3.34.